The third kappa shape index (κ3) is 3.47. The van der Waals surface area contributed by atoms with Gasteiger partial charge in [-0.05, 0) is 60.4 Å². The molecule has 0 radical (unpaired) electrons. The van der Waals surface area contributed by atoms with Gasteiger partial charge in [0.05, 0.1) is 11.7 Å². The van der Waals surface area contributed by atoms with E-state index in [1.54, 1.807) is 6.20 Å². The lowest BCUT2D eigenvalue weighted by molar-refractivity contribution is 0.421. The Balaban J connectivity index is 1.29. The number of piperidine rings is 1. The number of hydrogen-bond donors (Lipinski definition) is 3. The number of nitrogens with zero attached hydrogens (tertiary/aromatic N) is 4. The first-order valence-corrected chi connectivity index (χ1v) is 12.2. The van der Waals surface area contributed by atoms with Crippen LogP contribution in [0.3, 0.4) is 0 Å². The van der Waals surface area contributed by atoms with Crippen molar-refractivity contribution in [2.75, 3.05) is 23.7 Å². The van der Waals surface area contributed by atoms with Crippen molar-refractivity contribution in [3.05, 3.63) is 66.6 Å². The summed E-state index contributed by atoms with van der Waals surface area (Å²) in [5.41, 5.74) is 4.14. The Morgan fingerprint density at radius 3 is 2.59 bits per heavy atom. The van der Waals surface area contributed by atoms with Gasteiger partial charge in [0.1, 0.15) is 11.6 Å². The van der Waals surface area contributed by atoms with E-state index in [0.29, 0.717) is 29.6 Å². The number of rotatable bonds is 6. The number of aromatic nitrogens is 4. The summed E-state index contributed by atoms with van der Waals surface area (Å²) in [4.78, 5) is 19.1. The molecule has 4 heterocycles. The summed E-state index contributed by atoms with van der Waals surface area (Å²) in [5, 5.41) is 11.8. The second kappa shape index (κ2) is 8.02. The van der Waals surface area contributed by atoms with E-state index in [1.807, 2.05) is 54.9 Å². The highest BCUT2D eigenvalue weighted by molar-refractivity contribution is 5.93. The van der Waals surface area contributed by atoms with Gasteiger partial charge in [0, 0.05) is 48.2 Å². The molecule has 2 saturated carbocycles. The van der Waals surface area contributed by atoms with Gasteiger partial charge in [-0.15, -0.1) is 0 Å². The van der Waals surface area contributed by atoms with Gasteiger partial charge in [0.15, 0.2) is 5.82 Å². The Labute approximate surface area is 198 Å². The zero-order valence-electron chi connectivity index (χ0n) is 18.9. The van der Waals surface area contributed by atoms with Crippen LogP contribution in [0.1, 0.15) is 30.7 Å². The fourth-order valence-electron chi connectivity index (χ4n) is 5.47. The second-order valence-corrected chi connectivity index (χ2v) is 9.72. The monoisotopic (exact) mass is 449 g/mol. The molecular weight excluding hydrogens is 422 g/mol. The molecular formula is C27H27N7. The maximum atomic E-state index is 5.10. The van der Waals surface area contributed by atoms with Crippen LogP contribution in [0.4, 0.5) is 17.3 Å². The second-order valence-electron chi connectivity index (χ2n) is 9.72. The van der Waals surface area contributed by atoms with Gasteiger partial charge < -0.3 is 16.0 Å². The van der Waals surface area contributed by atoms with E-state index in [2.05, 4.69) is 25.9 Å². The molecule has 1 saturated heterocycles. The Morgan fingerprint density at radius 2 is 1.79 bits per heavy atom. The number of pyridine rings is 2. The zero-order valence-corrected chi connectivity index (χ0v) is 18.9. The van der Waals surface area contributed by atoms with Crippen molar-refractivity contribution in [2.45, 2.75) is 31.2 Å². The molecule has 4 aromatic rings. The maximum Gasteiger partial charge on any atom is 0.162 e. The highest BCUT2D eigenvalue weighted by Crippen LogP contribution is 2.46. The van der Waals surface area contributed by atoms with Crippen molar-refractivity contribution in [1.29, 1.82) is 0 Å². The number of para-hydroxylation sites is 1. The van der Waals surface area contributed by atoms with Crippen molar-refractivity contribution in [2.24, 2.45) is 11.8 Å². The first-order chi connectivity index (χ1) is 16.8. The van der Waals surface area contributed by atoms with Gasteiger partial charge in [-0.2, -0.15) is 0 Å². The van der Waals surface area contributed by atoms with E-state index >= 15 is 0 Å². The summed E-state index contributed by atoms with van der Waals surface area (Å²) in [6, 6.07) is 14.5. The molecule has 0 bridgehead atoms. The van der Waals surface area contributed by atoms with Crippen molar-refractivity contribution >= 4 is 28.2 Å². The van der Waals surface area contributed by atoms with Crippen LogP contribution in [0.5, 0.6) is 0 Å². The minimum atomic E-state index is 0.488. The highest BCUT2D eigenvalue weighted by Gasteiger charge is 2.53. The molecule has 0 amide bonds. The SMILES string of the molecule is c1ccc(Nc2cc(-c3nc(N[C@@H]4C5CNC[C@@H]54)c4c(C5CCC5)cncc4n3)ccn2)cc1. The summed E-state index contributed by atoms with van der Waals surface area (Å²) in [6.07, 6.45) is 9.45. The number of nitrogens with one attached hydrogen (secondary N) is 3. The molecule has 1 aromatic carbocycles. The summed E-state index contributed by atoms with van der Waals surface area (Å²) in [7, 11) is 0. The lowest BCUT2D eigenvalue weighted by Gasteiger charge is -2.27. The normalized spacial score (nSPS) is 23.4. The Kier molecular flexibility index (Phi) is 4.68. The van der Waals surface area contributed by atoms with Crippen LogP contribution in [0.15, 0.2) is 61.1 Å². The van der Waals surface area contributed by atoms with E-state index in [-0.39, 0.29) is 0 Å². The molecule has 3 atom stereocenters. The van der Waals surface area contributed by atoms with Crippen molar-refractivity contribution < 1.29 is 0 Å². The standard InChI is InChI=1S/C27H27N7/c1-2-7-18(8-3-1)31-23-11-17(9-10-30-23)26-32-22-15-29-12-19(16-5-4-6-16)24(22)27(34-26)33-25-20-13-28-14-21(20)25/h1-3,7-12,15-16,20-21,25,28H,4-6,13-14H2,(H,30,31)(H,32,33,34)/t20-,21?,25-/m0/s1. The fourth-order valence-corrected chi connectivity index (χ4v) is 5.47. The number of fused-ring (bicyclic) bond motifs is 2. The van der Waals surface area contributed by atoms with Crippen LogP contribution < -0.4 is 16.0 Å². The Hall–Kier alpha value is -3.58. The molecule has 7 heteroatoms. The molecule has 170 valence electrons. The predicted octanol–water partition coefficient (Wildman–Crippen LogP) is 4.73. The Morgan fingerprint density at radius 1 is 0.941 bits per heavy atom. The van der Waals surface area contributed by atoms with Gasteiger partial charge in [0.2, 0.25) is 0 Å². The predicted molar refractivity (Wildman–Crippen MR) is 134 cm³/mol. The molecule has 3 aliphatic rings. The number of anilines is 3. The van der Waals surface area contributed by atoms with Gasteiger partial charge in [-0.1, -0.05) is 24.6 Å². The summed E-state index contributed by atoms with van der Waals surface area (Å²) in [6.45, 7) is 2.18. The third-order valence-corrected chi connectivity index (χ3v) is 7.64. The zero-order chi connectivity index (χ0) is 22.5. The first kappa shape index (κ1) is 19.9. The van der Waals surface area contributed by atoms with Gasteiger partial charge in [-0.25, -0.2) is 15.0 Å². The van der Waals surface area contributed by atoms with Crippen molar-refractivity contribution in [3.63, 3.8) is 0 Å². The first-order valence-electron chi connectivity index (χ1n) is 12.2. The smallest absolute Gasteiger partial charge is 0.162 e. The Bertz CT molecular complexity index is 1340. The van der Waals surface area contributed by atoms with Crippen LogP contribution in [-0.2, 0) is 0 Å². The summed E-state index contributed by atoms with van der Waals surface area (Å²) >= 11 is 0. The lowest BCUT2D eigenvalue weighted by Crippen LogP contribution is -2.22. The molecule has 3 aromatic heterocycles. The van der Waals surface area contributed by atoms with Crippen LogP contribution >= 0.6 is 0 Å². The van der Waals surface area contributed by atoms with Crippen molar-refractivity contribution in [1.82, 2.24) is 25.3 Å². The van der Waals surface area contributed by atoms with E-state index in [9.17, 15) is 0 Å². The molecule has 7 rings (SSSR count). The number of hydrogen-bond acceptors (Lipinski definition) is 7. The van der Waals surface area contributed by atoms with E-state index in [4.69, 9.17) is 9.97 Å². The molecule has 7 nitrogen and oxygen atoms in total. The van der Waals surface area contributed by atoms with Crippen LogP contribution in [0, 0.1) is 11.8 Å². The topological polar surface area (TPSA) is 87.7 Å². The van der Waals surface area contributed by atoms with Gasteiger partial charge in [-0.3, -0.25) is 4.98 Å². The van der Waals surface area contributed by atoms with E-state index in [0.717, 1.165) is 46.9 Å². The van der Waals surface area contributed by atoms with Gasteiger partial charge >= 0.3 is 0 Å². The molecule has 3 fully saturated rings. The minimum Gasteiger partial charge on any atom is -0.366 e. The van der Waals surface area contributed by atoms with E-state index in [1.165, 1.54) is 24.8 Å². The van der Waals surface area contributed by atoms with Crippen LogP contribution in [0.25, 0.3) is 22.3 Å². The van der Waals surface area contributed by atoms with E-state index < -0.39 is 0 Å². The van der Waals surface area contributed by atoms with Crippen molar-refractivity contribution in [3.8, 4) is 11.4 Å². The third-order valence-electron chi connectivity index (χ3n) is 7.64. The average molecular weight is 450 g/mol. The molecule has 1 aliphatic heterocycles. The highest BCUT2D eigenvalue weighted by atomic mass is 15.1. The number of benzene rings is 1. The van der Waals surface area contributed by atoms with Crippen LogP contribution in [-0.4, -0.2) is 39.1 Å². The molecule has 2 aliphatic carbocycles. The summed E-state index contributed by atoms with van der Waals surface area (Å²) < 4.78 is 0. The maximum absolute atomic E-state index is 5.10. The summed E-state index contributed by atoms with van der Waals surface area (Å²) in [5.74, 6) is 4.39. The average Bonchev–Trinajstić information content (AvgIpc) is 3.23. The molecule has 0 spiro atoms. The van der Waals surface area contributed by atoms with Crippen LogP contribution in [0.2, 0.25) is 0 Å². The quantitative estimate of drug-likeness (QED) is 0.392. The molecule has 3 N–H and O–H groups in total. The molecule has 1 unspecified atom stereocenters. The molecule has 34 heavy (non-hydrogen) atoms. The fraction of sp³-hybridized carbons (Fsp3) is 0.333. The lowest BCUT2D eigenvalue weighted by atomic mass is 9.79. The largest absolute Gasteiger partial charge is 0.366 e. The minimum absolute atomic E-state index is 0.488. The van der Waals surface area contributed by atoms with Gasteiger partial charge in [0.25, 0.3) is 0 Å².